The van der Waals surface area contributed by atoms with Gasteiger partial charge in [0.25, 0.3) is 0 Å². The number of hydrogen-bond donors (Lipinski definition) is 1. The minimum absolute atomic E-state index is 0.105. The number of benzene rings is 2. The van der Waals surface area contributed by atoms with Crippen LogP contribution in [0.2, 0.25) is 0 Å². The molecule has 45 heavy (non-hydrogen) atoms. The van der Waals surface area contributed by atoms with Gasteiger partial charge in [0, 0.05) is 19.4 Å². The molecular weight excluding hydrogens is 574 g/mol. The Balaban J connectivity index is 1.36. The van der Waals surface area contributed by atoms with Gasteiger partial charge < -0.3 is 29.2 Å². The summed E-state index contributed by atoms with van der Waals surface area (Å²) >= 11 is 0. The molecule has 4 aliphatic rings. The Morgan fingerprint density at radius 2 is 1.82 bits per heavy atom. The highest BCUT2D eigenvalue weighted by Crippen LogP contribution is 2.53. The van der Waals surface area contributed by atoms with E-state index in [1.54, 1.807) is 25.2 Å². The van der Waals surface area contributed by atoms with Crippen molar-refractivity contribution in [1.82, 2.24) is 10.2 Å². The molecule has 0 radical (unpaired) electrons. The number of esters is 1. The van der Waals surface area contributed by atoms with E-state index in [1.807, 2.05) is 51.1 Å². The number of carbonyl (C=O) groups is 3. The minimum Gasteiger partial charge on any atom is -0.497 e. The third-order valence-electron chi connectivity index (χ3n) is 9.94. The molecule has 6 rings (SSSR count). The van der Waals surface area contributed by atoms with Gasteiger partial charge in [0.15, 0.2) is 5.54 Å². The average Bonchev–Trinajstić information content (AvgIpc) is 3.32. The van der Waals surface area contributed by atoms with E-state index >= 15 is 0 Å². The number of likely N-dealkylation sites (tertiary alicyclic amines) is 1. The topological polar surface area (TPSA) is 116 Å². The lowest BCUT2D eigenvalue weighted by Crippen LogP contribution is -2.57. The van der Waals surface area contributed by atoms with Gasteiger partial charge in [-0.3, -0.25) is 4.79 Å². The van der Waals surface area contributed by atoms with Crippen molar-refractivity contribution in [3.63, 3.8) is 0 Å². The van der Waals surface area contributed by atoms with E-state index in [2.05, 4.69) is 18.0 Å². The number of ether oxygens (including phenoxy) is 4. The molecule has 1 unspecified atom stereocenters. The van der Waals surface area contributed by atoms with Crippen LogP contribution in [0.4, 0.5) is 4.79 Å². The maximum Gasteiger partial charge on any atom is 0.408 e. The highest BCUT2D eigenvalue weighted by atomic mass is 16.6. The first-order valence-corrected chi connectivity index (χ1v) is 15.8. The molecule has 2 aromatic rings. The number of hydrogen-bond acceptors (Lipinski definition) is 8. The molecule has 2 aromatic carbocycles. The van der Waals surface area contributed by atoms with Crippen LogP contribution < -0.4 is 10.1 Å². The number of amides is 2. The summed E-state index contributed by atoms with van der Waals surface area (Å²) in [5.41, 5.74) is -1.69. The maximum atomic E-state index is 14.6. The lowest BCUT2D eigenvalue weighted by Gasteiger charge is -2.35. The Kier molecular flexibility index (Phi) is 7.92. The van der Waals surface area contributed by atoms with Crippen molar-refractivity contribution in [3.05, 3.63) is 54.6 Å². The van der Waals surface area contributed by atoms with Crippen LogP contribution in [-0.4, -0.2) is 73.3 Å². The summed E-state index contributed by atoms with van der Waals surface area (Å²) in [5, 5.41) is 4.87. The third-order valence-corrected chi connectivity index (χ3v) is 9.94. The van der Waals surface area contributed by atoms with E-state index in [1.165, 1.54) is 0 Å². The van der Waals surface area contributed by atoms with Crippen LogP contribution in [0.15, 0.2) is 54.0 Å². The molecule has 3 fully saturated rings. The molecule has 1 N–H and O–H groups in total. The van der Waals surface area contributed by atoms with Gasteiger partial charge in [-0.25, -0.2) is 14.6 Å². The van der Waals surface area contributed by atoms with Crippen molar-refractivity contribution >= 4 is 34.6 Å². The van der Waals surface area contributed by atoms with E-state index < -0.39 is 40.7 Å². The van der Waals surface area contributed by atoms with Gasteiger partial charge in [0.2, 0.25) is 11.8 Å². The van der Waals surface area contributed by atoms with E-state index in [0.29, 0.717) is 12.8 Å². The number of fused-ring (bicyclic) bond motifs is 1. The second-order valence-corrected chi connectivity index (χ2v) is 13.9. The van der Waals surface area contributed by atoms with Gasteiger partial charge in [-0.2, -0.15) is 0 Å². The largest absolute Gasteiger partial charge is 0.497 e. The number of nitrogens with one attached hydrogen (secondary N) is 1. The number of aliphatic imine (C=N–C) groups is 1. The van der Waals surface area contributed by atoms with Crippen LogP contribution in [0.3, 0.4) is 0 Å². The fourth-order valence-corrected chi connectivity index (χ4v) is 7.07. The standard InChI is InChI=1S/C35H43N3O7/c1-7-23-18-35(23)31(40)45-29(37-35)27-19-34(43-6,24-14-12-22-17-26(42-5)15-13-21(22)16-24)20-38(27)30(39)28(33(2,3)4)36-32(41)44-25-10-8-9-11-25/h7,12-17,23,25,27-28H,1,8-11,18-20H2,2-6H3,(H,36,41)/t23?,27-,28+,34-,35+/m0/s1. The summed E-state index contributed by atoms with van der Waals surface area (Å²) in [6.07, 6.45) is 5.50. The Morgan fingerprint density at radius 1 is 1.11 bits per heavy atom. The van der Waals surface area contributed by atoms with Crippen molar-refractivity contribution < 1.29 is 33.3 Å². The molecule has 10 heteroatoms. The predicted octanol–water partition coefficient (Wildman–Crippen LogP) is 5.27. The fraction of sp³-hybridized carbons (Fsp3) is 0.543. The zero-order valence-electron chi connectivity index (χ0n) is 26.8. The lowest BCUT2D eigenvalue weighted by atomic mass is 9.85. The second-order valence-electron chi connectivity index (χ2n) is 13.9. The molecule has 1 spiro atoms. The number of rotatable bonds is 8. The predicted molar refractivity (Wildman–Crippen MR) is 169 cm³/mol. The molecule has 0 aromatic heterocycles. The minimum atomic E-state index is -0.973. The van der Waals surface area contributed by atoms with Gasteiger partial charge in [0.05, 0.1) is 13.7 Å². The quantitative estimate of drug-likeness (QED) is 0.317. The summed E-state index contributed by atoms with van der Waals surface area (Å²) in [5.74, 6) is 0.107. The van der Waals surface area contributed by atoms with Gasteiger partial charge in [0.1, 0.15) is 29.5 Å². The molecular formula is C35H43N3O7. The first-order chi connectivity index (χ1) is 21.4. The number of alkyl carbamates (subject to hydrolysis) is 1. The van der Waals surface area contributed by atoms with Gasteiger partial charge in [-0.15, -0.1) is 6.58 Å². The third kappa shape index (κ3) is 5.58. The van der Waals surface area contributed by atoms with Gasteiger partial charge >= 0.3 is 12.1 Å². The summed E-state index contributed by atoms with van der Waals surface area (Å²) in [7, 11) is 3.26. The van der Waals surface area contributed by atoms with Gasteiger partial charge in [-0.05, 0) is 72.1 Å². The monoisotopic (exact) mass is 617 g/mol. The van der Waals surface area contributed by atoms with Crippen molar-refractivity contribution in [2.45, 2.75) is 88.6 Å². The van der Waals surface area contributed by atoms with Crippen LogP contribution in [0, 0.1) is 11.3 Å². The Morgan fingerprint density at radius 3 is 2.47 bits per heavy atom. The van der Waals surface area contributed by atoms with E-state index in [4.69, 9.17) is 23.9 Å². The molecule has 1 saturated heterocycles. The van der Waals surface area contributed by atoms with E-state index in [0.717, 1.165) is 47.8 Å². The number of nitrogens with zero attached hydrogens (tertiary/aromatic N) is 2. The molecule has 10 nitrogen and oxygen atoms in total. The van der Waals surface area contributed by atoms with Crippen LogP contribution in [0.5, 0.6) is 5.75 Å². The fourth-order valence-electron chi connectivity index (χ4n) is 7.07. The molecule has 0 bridgehead atoms. The molecule has 2 saturated carbocycles. The molecule has 2 heterocycles. The van der Waals surface area contributed by atoms with Crippen LogP contribution in [0.25, 0.3) is 10.8 Å². The summed E-state index contributed by atoms with van der Waals surface area (Å²) in [4.78, 5) is 47.2. The molecule has 2 aliphatic carbocycles. The number of methoxy groups -OCH3 is 2. The average molecular weight is 618 g/mol. The highest BCUT2D eigenvalue weighted by molar-refractivity contribution is 6.06. The molecule has 2 amide bonds. The van der Waals surface area contributed by atoms with E-state index in [-0.39, 0.29) is 30.4 Å². The SMILES string of the molecule is C=CC1C[C@@]12N=C([C@@H]1C[C@@](OC)(c3ccc4cc(OC)ccc4c3)CN1C(=O)[C@@H](NC(=O)OC1CCCC1)C(C)(C)C)OC2=O. The van der Waals surface area contributed by atoms with Crippen molar-refractivity contribution in [3.8, 4) is 5.75 Å². The number of cyclic esters (lactones) is 1. The zero-order valence-corrected chi connectivity index (χ0v) is 26.8. The van der Waals surface area contributed by atoms with Gasteiger partial charge in [-0.1, -0.05) is 45.0 Å². The second kappa shape index (κ2) is 11.5. The first-order valence-electron chi connectivity index (χ1n) is 15.8. The van der Waals surface area contributed by atoms with Crippen molar-refractivity contribution in [1.29, 1.82) is 0 Å². The van der Waals surface area contributed by atoms with E-state index in [9.17, 15) is 14.4 Å². The molecule has 2 aliphatic heterocycles. The number of carbonyl (C=O) groups excluding carboxylic acids is 3. The summed E-state index contributed by atoms with van der Waals surface area (Å²) in [6, 6.07) is 10.3. The maximum absolute atomic E-state index is 14.6. The molecule has 5 atom stereocenters. The normalized spacial score (nSPS) is 28.6. The summed E-state index contributed by atoms with van der Waals surface area (Å²) in [6.45, 7) is 9.71. The van der Waals surface area contributed by atoms with Crippen LogP contribution in [-0.2, 0) is 29.4 Å². The summed E-state index contributed by atoms with van der Waals surface area (Å²) < 4.78 is 23.2. The van der Waals surface area contributed by atoms with Crippen molar-refractivity contribution in [2.24, 2.45) is 16.3 Å². The first kappa shape index (κ1) is 31.1. The van der Waals surface area contributed by atoms with Crippen LogP contribution in [0.1, 0.15) is 64.9 Å². The molecule has 240 valence electrons. The Bertz CT molecular complexity index is 1560. The smallest absolute Gasteiger partial charge is 0.408 e. The van der Waals surface area contributed by atoms with Crippen molar-refractivity contribution in [2.75, 3.05) is 20.8 Å². The highest BCUT2D eigenvalue weighted by Gasteiger charge is 2.65. The Labute approximate surface area is 264 Å². The van der Waals surface area contributed by atoms with Crippen LogP contribution >= 0.6 is 0 Å². The Hall–Kier alpha value is -3.92. The lowest BCUT2D eigenvalue weighted by molar-refractivity contribution is -0.139. The zero-order chi connectivity index (χ0) is 32.1.